The van der Waals surface area contributed by atoms with Crippen LogP contribution < -0.4 is 4.90 Å². The molecule has 0 radical (unpaired) electrons. The van der Waals surface area contributed by atoms with E-state index in [0.717, 1.165) is 33.7 Å². The van der Waals surface area contributed by atoms with Crippen molar-refractivity contribution in [3.8, 4) is 22.4 Å². The quantitative estimate of drug-likeness (QED) is 0.254. The SMILES string of the molecule is CC1(C)c2ccccc2N(c2ccc(-c3cccn4cc(-c5ccccc5)nc34)cc2)c2ccccc21. The second kappa shape index (κ2) is 8.21. The van der Waals surface area contributed by atoms with Crippen LogP contribution in [-0.2, 0) is 5.41 Å². The molecular formula is C34H27N3. The smallest absolute Gasteiger partial charge is 0.145 e. The topological polar surface area (TPSA) is 20.5 Å². The lowest BCUT2D eigenvalue weighted by molar-refractivity contribution is 0.632. The van der Waals surface area contributed by atoms with E-state index < -0.39 is 0 Å². The highest BCUT2D eigenvalue weighted by Gasteiger charge is 2.36. The van der Waals surface area contributed by atoms with E-state index in [-0.39, 0.29) is 5.41 Å². The number of nitrogens with zero attached hydrogens (tertiary/aromatic N) is 3. The second-order valence-corrected chi connectivity index (χ2v) is 10.2. The van der Waals surface area contributed by atoms with Crippen LogP contribution in [0.5, 0.6) is 0 Å². The number of fused-ring (bicyclic) bond motifs is 3. The molecule has 0 saturated carbocycles. The van der Waals surface area contributed by atoms with Gasteiger partial charge in [-0.2, -0.15) is 0 Å². The normalized spacial score (nSPS) is 13.8. The number of hydrogen-bond acceptors (Lipinski definition) is 2. The van der Waals surface area contributed by atoms with Crippen molar-refractivity contribution in [1.82, 2.24) is 9.38 Å². The molecule has 7 rings (SSSR count). The average Bonchev–Trinajstić information content (AvgIpc) is 3.39. The van der Waals surface area contributed by atoms with Gasteiger partial charge in [-0.05, 0) is 53.1 Å². The first kappa shape index (κ1) is 21.6. The maximum Gasteiger partial charge on any atom is 0.145 e. The molecule has 3 heteroatoms. The van der Waals surface area contributed by atoms with Gasteiger partial charge in [0.1, 0.15) is 5.65 Å². The number of pyridine rings is 1. The fourth-order valence-electron chi connectivity index (χ4n) is 5.72. The molecule has 178 valence electrons. The van der Waals surface area contributed by atoms with E-state index in [1.54, 1.807) is 0 Å². The largest absolute Gasteiger partial charge is 0.310 e. The van der Waals surface area contributed by atoms with Crippen molar-refractivity contribution in [3.05, 3.63) is 139 Å². The van der Waals surface area contributed by atoms with Gasteiger partial charge in [-0.1, -0.05) is 92.7 Å². The lowest BCUT2D eigenvalue weighted by atomic mass is 9.73. The minimum atomic E-state index is -0.0591. The molecule has 6 aromatic rings. The minimum Gasteiger partial charge on any atom is -0.310 e. The van der Waals surface area contributed by atoms with Gasteiger partial charge in [-0.3, -0.25) is 0 Å². The van der Waals surface area contributed by atoms with Gasteiger partial charge in [0, 0.05) is 34.6 Å². The Hall–Kier alpha value is -4.63. The van der Waals surface area contributed by atoms with E-state index in [9.17, 15) is 0 Å². The van der Waals surface area contributed by atoms with E-state index in [1.165, 1.54) is 22.5 Å². The Kier molecular flexibility index (Phi) is 4.80. The fourth-order valence-corrected chi connectivity index (χ4v) is 5.72. The summed E-state index contributed by atoms with van der Waals surface area (Å²) in [6.07, 6.45) is 4.17. The van der Waals surface area contributed by atoms with Crippen molar-refractivity contribution in [3.63, 3.8) is 0 Å². The van der Waals surface area contributed by atoms with Crippen LogP contribution in [0.25, 0.3) is 28.0 Å². The molecule has 4 aromatic carbocycles. The zero-order chi connectivity index (χ0) is 25.0. The van der Waals surface area contributed by atoms with Crippen molar-refractivity contribution >= 4 is 22.7 Å². The molecule has 1 aliphatic rings. The third kappa shape index (κ3) is 3.39. The van der Waals surface area contributed by atoms with Crippen LogP contribution in [0.3, 0.4) is 0 Å². The third-order valence-corrected chi connectivity index (χ3v) is 7.63. The number of rotatable bonds is 3. The van der Waals surface area contributed by atoms with Crippen LogP contribution in [0.2, 0.25) is 0 Å². The Morgan fingerprint density at radius 3 is 1.89 bits per heavy atom. The van der Waals surface area contributed by atoms with E-state index in [1.807, 2.05) is 6.07 Å². The minimum absolute atomic E-state index is 0.0591. The zero-order valence-corrected chi connectivity index (χ0v) is 21.0. The Labute approximate surface area is 217 Å². The Morgan fingerprint density at radius 2 is 1.22 bits per heavy atom. The first-order valence-electron chi connectivity index (χ1n) is 12.7. The molecule has 37 heavy (non-hydrogen) atoms. The van der Waals surface area contributed by atoms with E-state index >= 15 is 0 Å². The first-order valence-corrected chi connectivity index (χ1v) is 12.7. The van der Waals surface area contributed by atoms with Gasteiger partial charge in [-0.25, -0.2) is 4.98 Å². The highest BCUT2D eigenvalue weighted by Crippen LogP contribution is 2.51. The van der Waals surface area contributed by atoms with Gasteiger partial charge in [0.25, 0.3) is 0 Å². The Morgan fingerprint density at radius 1 is 0.595 bits per heavy atom. The lowest BCUT2D eigenvalue weighted by Gasteiger charge is -2.42. The third-order valence-electron chi connectivity index (χ3n) is 7.63. The van der Waals surface area contributed by atoms with Gasteiger partial charge in [0.15, 0.2) is 0 Å². The molecule has 0 fully saturated rings. The predicted octanol–water partition coefficient (Wildman–Crippen LogP) is 8.78. The van der Waals surface area contributed by atoms with Gasteiger partial charge >= 0.3 is 0 Å². The van der Waals surface area contributed by atoms with Crippen molar-refractivity contribution < 1.29 is 0 Å². The summed E-state index contributed by atoms with van der Waals surface area (Å²) in [5.41, 5.74) is 11.6. The van der Waals surface area contributed by atoms with Crippen LogP contribution >= 0.6 is 0 Å². The molecule has 0 unspecified atom stereocenters. The molecule has 2 aromatic heterocycles. The standard InChI is InChI=1S/C34H27N3/c1-34(2)28-14-6-8-16-31(28)37(32-17-9-7-15-29(32)34)26-20-18-24(19-21-26)27-13-10-22-36-23-30(35-33(27)36)25-11-4-3-5-12-25/h3-23H,1-2H3. The number of aromatic nitrogens is 2. The highest BCUT2D eigenvalue weighted by molar-refractivity contribution is 5.87. The molecule has 1 aliphatic heterocycles. The van der Waals surface area contributed by atoms with Crippen molar-refractivity contribution in [2.24, 2.45) is 0 Å². The maximum absolute atomic E-state index is 5.00. The van der Waals surface area contributed by atoms with Crippen molar-refractivity contribution in [1.29, 1.82) is 0 Å². The number of para-hydroxylation sites is 2. The number of imidazole rings is 1. The molecule has 0 N–H and O–H groups in total. The monoisotopic (exact) mass is 477 g/mol. The van der Waals surface area contributed by atoms with Gasteiger partial charge in [0.2, 0.25) is 0 Å². The molecule has 0 aliphatic carbocycles. The highest BCUT2D eigenvalue weighted by atomic mass is 15.2. The molecule has 0 saturated heterocycles. The summed E-state index contributed by atoms with van der Waals surface area (Å²) in [4.78, 5) is 7.39. The van der Waals surface area contributed by atoms with Gasteiger partial charge in [0.05, 0.1) is 17.1 Å². The van der Waals surface area contributed by atoms with Crippen molar-refractivity contribution in [2.75, 3.05) is 4.90 Å². The Balaban J connectivity index is 1.33. The summed E-state index contributed by atoms with van der Waals surface area (Å²) < 4.78 is 2.12. The van der Waals surface area contributed by atoms with Crippen LogP contribution in [0.1, 0.15) is 25.0 Å². The molecule has 3 heterocycles. The summed E-state index contributed by atoms with van der Waals surface area (Å²) in [7, 11) is 0. The van der Waals surface area contributed by atoms with Crippen molar-refractivity contribution in [2.45, 2.75) is 19.3 Å². The van der Waals surface area contributed by atoms with Gasteiger partial charge in [-0.15, -0.1) is 0 Å². The molecule has 0 amide bonds. The fraction of sp³-hybridized carbons (Fsp3) is 0.0882. The van der Waals surface area contributed by atoms with Crippen LogP contribution in [0.4, 0.5) is 17.1 Å². The molecule has 3 nitrogen and oxygen atoms in total. The second-order valence-electron chi connectivity index (χ2n) is 10.2. The summed E-state index contributed by atoms with van der Waals surface area (Å²) in [5.74, 6) is 0. The predicted molar refractivity (Wildman–Crippen MR) is 153 cm³/mol. The molecule has 0 bridgehead atoms. The average molecular weight is 478 g/mol. The molecule has 0 atom stereocenters. The van der Waals surface area contributed by atoms with Crippen LogP contribution in [0.15, 0.2) is 128 Å². The summed E-state index contributed by atoms with van der Waals surface area (Å²) in [6.45, 7) is 4.64. The number of anilines is 3. The van der Waals surface area contributed by atoms with Crippen LogP contribution in [0, 0.1) is 0 Å². The molecular weight excluding hydrogens is 450 g/mol. The summed E-state index contributed by atoms with van der Waals surface area (Å²) in [5, 5.41) is 0. The number of benzene rings is 4. The number of hydrogen-bond donors (Lipinski definition) is 0. The van der Waals surface area contributed by atoms with E-state index in [4.69, 9.17) is 4.98 Å². The molecule has 0 spiro atoms. The summed E-state index contributed by atoms with van der Waals surface area (Å²) >= 11 is 0. The van der Waals surface area contributed by atoms with E-state index in [0.29, 0.717) is 0 Å². The summed E-state index contributed by atoms with van der Waals surface area (Å²) in [6, 6.07) is 41.0. The zero-order valence-electron chi connectivity index (χ0n) is 21.0. The maximum atomic E-state index is 5.00. The lowest BCUT2D eigenvalue weighted by Crippen LogP contribution is -2.30. The van der Waals surface area contributed by atoms with Gasteiger partial charge < -0.3 is 9.30 Å². The van der Waals surface area contributed by atoms with Crippen LogP contribution in [-0.4, -0.2) is 9.38 Å². The van der Waals surface area contributed by atoms with E-state index in [2.05, 4.69) is 145 Å². The first-order chi connectivity index (χ1) is 18.1. The Bertz CT molecular complexity index is 1690.